The summed E-state index contributed by atoms with van der Waals surface area (Å²) in [5.41, 5.74) is 1.47. The summed E-state index contributed by atoms with van der Waals surface area (Å²) < 4.78 is 0. The largest absolute Gasteiger partial charge is 0.392 e. The van der Waals surface area contributed by atoms with Crippen LogP contribution in [0.4, 0.5) is 5.69 Å². The number of pyridine rings is 2. The van der Waals surface area contributed by atoms with Gasteiger partial charge in [-0.05, 0) is 18.6 Å². The summed E-state index contributed by atoms with van der Waals surface area (Å²) in [6, 6.07) is 3.19. The third kappa shape index (κ3) is 2.40. The minimum Gasteiger partial charge on any atom is -0.392 e. The van der Waals surface area contributed by atoms with Gasteiger partial charge < -0.3 is 15.7 Å². The van der Waals surface area contributed by atoms with Gasteiger partial charge in [0.15, 0.2) is 0 Å². The van der Waals surface area contributed by atoms with E-state index >= 15 is 0 Å². The normalized spacial score (nSPS) is 22.6. The number of fused-ring (bicyclic) bond motifs is 1. The fourth-order valence-corrected chi connectivity index (χ4v) is 2.23. The number of nitrogens with zero attached hydrogens (tertiary/aromatic N) is 2. The molecule has 0 saturated carbocycles. The van der Waals surface area contributed by atoms with E-state index in [0.717, 1.165) is 10.9 Å². The smallest absolute Gasteiger partial charge is 0.241 e. The van der Waals surface area contributed by atoms with Gasteiger partial charge in [0.25, 0.3) is 0 Å². The maximum atomic E-state index is 12.1. The first-order chi connectivity index (χ1) is 9.24. The number of hydrogen-bond donors (Lipinski definition) is 3. The summed E-state index contributed by atoms with van der Waals surface area (Å²) in [5, 5.41) is 16.1. The maximum absolute atomic E-state index is 12.1. The molecule has 1 saturated heterocycles. The molecule has 1 aliphatic heterocycles. The fourth-order valence-electron chi connectivity index (χ4n) is 2.23. The van der Waals surface area contributed by atoms with Crippen LogP contribution in [-0.2, 0) is 4.79 Å². The van der Waals surface area contributed by atoms with Crippen molar-refractivity contribution in [2.45, 2.75) is 18.6 Å². The number of nitrogens with one attached hydrogen (secondary N) is 2. The molecule has 1 aliphatic rings. The first kappa shape index (κ1) is 12.0. The number of aliphatic hydroxyl groups excluding tert-OH is 1. The minimum atomic E-state index is -0.452. The third-order valence-corrected chi connectivity index (χ3v) is 3.23. The molecule has 1 amide bonds. The predicted molar refractivity (Wildman–Crippen MR) is 70.6 cm³/mol. The van der Waals surface area contributed by atoms with Crippen molar-refractivity contribution >= 4 is 22.5 Å². The van der Waals surface area contributed by atoms with Crippen molar-refractivity contribution in [1.29, 1.82) is 0 Å². The fraction of sp³-hybridized carbons (Fsp3) is 0.308. The molecule has 2 aromatic heterocycles. The van der Waals surface area contributed by atoms with Crippen molar-refractivity contribution in [2.24, 2.45) is 0 Å². The van der Waals surface area contributed by atoms with Gasteiger partial charge in [0.1, 0.15) is 0 Å². The van der Waals surface area contributed by atoms with Crippen LogP contribution in [0.5, 0.6) is 0 Å². The SMILES string of the molecule is O=C(Nc1ccnc2ccncc12)C1CC(O)CN1. The summed E-state index contributed by atoms with van der Waals surface area (Å²) in [5.74, 6) is -0.145. The van der Waals surface area contributed by atoms with Crippen LogP contribution in [0.1, 0.15) is 6.42 Å². The summed E-state index contributed by atoms with van der Waals surface area (Å²) in [6.07, 6.45) is 4.97. The lowest BCUT2D eigenvalue weighted by molar-refractivity contribution is -0.117. The second kappa shape index (κ2) is 4.91. The van der Waals surface area contributed by atoms with Crippen LogP contribution in [0.2, 0.25) is 0 Å². The highest BCUT2D eigenvalue weighted by Gasteiger charge is 2.28. The Morgan fingerprint density at radius 1 is 1.42 bits per heavy atom. The van der Waals surface area contributed by atoms with Gasteiger partial charge in [-0.1, -0.05) is 0 Å². The second-order valence-electron chi connectivity index (χ2n) is 4.59. The van der Waals surface area contributed by atoms with E-state index in [1.807, 2.05) is 0 Å². The Hall–Kier alpha value is -2.05. The molecule has 98 valence electrons. The molecule has 3 heterocycles. The van der Waals surface area contributed by atoms with E-state index in [-0.39, 0.29) is 11.9 Å². The van der Waals surface area contributed by atoms with E-state index in [4.69, 9.17) is 0 Å². The zero-order valence-electron chi connectivity index (χ0n) is 10.2. The topological polar surface area (TPSA) is 87.1 Å². The van der Waals surface area contributed by atoms with Gasteiger partial charge >= 0.3 is 0 Å². The van der Waals surface area contributed by atoms with Crippen molar-refractivity contribution in [3.8, 4) is 0 Å². The van der Waals surface area contributed by atoms with Gasteiger partial charge in [-0.3, -0.25) is 14.8 Å². The highest BCUT2D eigenvalue weighted by molar-refractivity contribution is 6.02. The molecule has 6 heteroatoms. The molecule has 0 aliphatic carbocycles. The lowest BCUT2D eigenvalue weighted by Gasteiger charge is -2.12. The second-order valence-corrected chi connectivity index (χ2v) is 4.59. The predicted octanol–water partition coefficient (Wildman–Crippen LogP) is 0.291. The lowest BCUT2D eigenvalue weighted by Crippen LogP contribution is -2.35. The van der Waals surface area contributed by atoms with Crippen molar-refractivity contribution in [2.75, 3.05) is 11.9 Å². The zero-order valence-corrected chi connectivity index (χ0v) is 10.2. The molecule has 0 radical (unpaired) electrons. The van der Waals surface area contributed by atoms with Crippen LogP contribution in [0, 0.1) is 0 Å². The van der Waals surface area contributed by atoms with Gasteiger partial charge in [-0.15, -0.1) is 0 Å². The van der Waals surface area contributed by atoms with E-state index in [2.05, 4.69) is 20.6 Å². The molecule has 1 fully saturated rings. The van der Waals surface area contributed by atoms with Crippen LogP contribution in [0.15, 0.2) is 30.7 Å². The summed E-state index contributed by atoms with van der Waals surface area (Å²) in [6.45, 7) is 0.455. The molecule has 0 spiro atoms. The Balaban J connectivity index is 1.83. The van der Waals surface area contributed by atoms with Crippen molar-refractivity contribution < 1.29 is 9.90 Å². The van der Waals surface area contributed by atoms with Crippen molar-refractivity contribution in [1.82, 2.24) is 15.3 Å². The molecule has 2 atom stereocenters. The molecule has 2 aromatic rings. The zero-order chi connectivity index (χ0) is 13.2. The summed E-state index contributed by atoms with van der Waals surface area (Å²) in [7, 11) is 0. The number of amides is 1. The van der Waals surface area contributed by atoms with Gasteiger partial charge in [-0.25, -0.2) is 0 Å². The highest BCUT2D eigenvalue weighted by Crippen LogP contribution is 2.20. The molecule has 19 heavy (non-hydrogen) atoms. The molecule has 0 bridgehead atoms. The quantitative estimate of drug-likeness (QED) is 0.720. The monoisotopic (exact) mass is 258 g/mol. The third-order valence-electron chi connectivity index (χ3n) is 3.23. The van der Waals surface area contributed by atoms with E-state index in [9.17, 15) is 9.90 Å². The van der Waals surface area contributed by atoms with E-state index in [1.54, 1.807) is 30.7 Å². The number of hydrogen-bond acceptors (Lipinski definition) is 5. The van der Waals surface area contributed by atoms with Crippen LogP contribution in [-0.4, -0.2) is 39.7 Å². The molecule has 6 nitrogen and oxygen atoms in total. The number of carbonyl (C=O) groups is 1. The first-order valence-electron chi connectivity index (χ1n) is 6.15. The Bertz CT molecular complexity index is 611. The molecule has 2 unspecified atom stereocenters. The first-order valence-corrected chi connectivity index (χ1v) is 6.15. The van der Waals surface area contributed by atoms with Crippen LogP contribution in [0.3, 0.4) is 0 Å². The average molecular weight is 258 g/mol. The molecule has 3 N–H and O–H groups in total. The standard InChI is InChI=1S/C13H14N4O2/c18-8-5-12(16-6-8)13(19)17-11-2-4-15-10-1-3-14-7-9(10)11/h1-4,7-8,12,16,18H,5-6H2,(H,15,17,19). The van der Waals surface area contributed by atoms with Crippen molar-refractivity contribution in [3.63, 3.8) is 0 Å². The highest BCUT2D eigenvalue weighted by atomic mass is 16.3. The van der Waals surface area contributed by atoms with E-state index in [0.29, 0.717) is 18.7 Å². The summed E-state index contributed by atoms with van der Waals surface area (Å²) >= 11 is 0. The van der Waals surface area contributed by atoms with Crippen LogP contribution >= 0.6 is 0 Å². The van der Waals surface area contributed by atoms with Crippen molar-refractivity contribution in [3.05, 3.63) is 30.7 Å². The van der Waals surface area contributed by atoms with Crippen LogP contribution in [0.25, 0.3) is 10.9 Å². The average Bonchev–Trinajstić information content (AvgIpc) is 2.86. The van der Waals surface area contributed by atoms with Crippen LogP contribution < -0.4 is 10.6 Å². The number of aromatic nitrogens is 2. The van der Waals surface area contributed by atoms with Gasteiger partial charge in [0.05, 0.1) is 23.3 Å². The Morgan fingerprint density at radius 3 is 3.11 bits per heavy atom. The number of rotatable bonds is 2. The maximum Gasteiger partial charge on any atom is 0.241 e. The van der Waals surface area contributed by atoms with E-state index in [1.165, 1.54) is 0 Å². The van der Waals surface area contributed by atoms with E-state index < -0.39 is 6.10 Å². The molecular formula is C13H14N4O2. The molecule has 0 aromatic carbocycles. The summed E-state index contributed by atoms with van der Waals surface area (Å²) in [4.78, 5) is 20.3. The Kier molecular flexibility index (Phi) is 3.10. The minimum absolute atomic E-state index is 0.145. The molecular weight excluding hydrogens is 244 g/mol. The Labute approximate surface area is 109 Å². The number of β-amino-alcohol motifs (C(OH)–C–C–N with tert-alkyl or cyclic N) is 1. The van der Waals surface area contributed by atoms with Gasteiger partial charge in [-0.2, -0.15) is 0 Å². The lowest BCUT2D eigenvalue weighted by atomic mass is 10.1. The number of carbonyl (C=O) groups excluding carboxylic acids is 1. The Morgan fingerprint density at radius 2 is 2.32 bits per heavy atom. The van der Waals surface area contributed by atoms with Gasteiger partial charge in [0.2, 0.25) is 5.91 Å². The number of aliphatic hydroxyl groups is 1. The number of anilines is 1. The van der Waals surface area contributed by atoms with Gasteiger partial charge in [0, 0.05) is 30.5 Å². The molecule has 3 rings (SSSR count).